The zero-order valence-electron chi connectivity index (χ0n) is 18.1. The maximum atomic E-state index is 12.5. The summed E-state index contributed by atoms with van der Waals surface area (Å²) in [5.41, 5.74) is 5.11. The molecule has 0 bridgehead atoms. The number of carbonyl (C=O) groups is 1. The van der Waals surface area contributed by atoms with Crippen molar-refractivity contribution in [1.29, 1.82) is 0 Å². The van der Waals surface area contributed by atoms with Crippen molar-refractivity contribution in [3.63, 3.8) is 0 Å². The summed E-state index contributed by atoms with van der Waals surface area (Å²) < 4.78 is 0. The second kappa shape index (κ2) is 11.9. The van der Waals surface area contributed by atoms with Crippen LogP contribution in [0.2, 0.25) is 0 Å². The molecule has 1 heterocycles. The monoisotopic (exact) mass is 520 g/mol. The third kappa shape index (κ3) is 6.45. The van der Waals surface area contributed by atoms with Crippen molar-refractivity contribution in [1.82, 2.24) is 15.5 Å². The van der Waals surface area contributed by atoms with Crippen molar-refractivity contribution in [2.24, 2.45) is 4.99 Å². The molecule has 1 amide bonds. The zero-order valence-corrected chi connectivity index (χ0v) is 20.5. The number of nitrogens with one attached hydrogen (secondary N) is 2. The smallest absolute Gasteiger partial charge is 0.223 e. The first-order valence-electron chi connectivity index (χ1n) is 10.5. The van der Waals surface area contributed by atoms with Crippen LogP contribution in [-0.4, -0.2) is 30.4 Å². The van der Waals surface area contributed by atoms with E-state index in [0.29, 0.717) is 13.0 Å². The molecule has 0 fully saturated rings. The number of carbonyl (C=O) groups excluding carboxylic acids is 1. The first kappa shape index (κ1) is 24.2. The Kier molecular flexibility index (Phi) is 9.62. The number of amides is 1. The molecule has 0 spiro atoms. The van der Waals surface area contributed by atoms with Crippen LogP contribution < -0.4 is 10.6 Å². The van der Waals surface area contributed by atoms with Crippen LogP contribution in [0.25, 0.3) is 0 Å². The molecule has 1 atom stereocenters. The van der Waals surface area contributed by atoms with E-state index < -0.39 is 0 Å². The van der Waals surface area contributed by atoms with E-state index in [4.69, 9.17) is 0 Å². The van der Waals surface area contributed by atoms with Crippen molar-refractivity contribution in [2.45, 2.75) is 52.2 Å². The van der Waals surface area contributed by atoms with E-state index in [0.717, 1.165) is 31.9 Å². The number of benzene rings is 2. The van der Waals surface area contributed by atoms with Gasteiger partial charge in [0.15, 0.2) is 5.96 Å². The molecular formula is C24H33IN4O. The summed E-state index contributed by atoms with van der Waals surface area (Å²) >= 11 is 0. The average molecular weight is 520 g/mol. The molecule has 30 heavy (non-hydrogen) atoms. The maximum absolute atomic E-state index is 12.5. The van der Waals surface area contributed by atoms with Crippen molar-refractivity contribution in [3.8, 4) is 0 Å². The molecule has 6 heteroatoms. The Labute approximate surface area is 197 Å². The summed E-state index contributed by atoms with van der Waals surface area (Å²) in [6, 6.07) is 17.1. The van der Waals surface area contributed by atoms with E-state index in [1.807, 2.05) is 17.0 Å². The highest BCUT2D eigenvalue weighted by Crippen LogP contribution is 2.22. The molecule has 5 nitrogen and oxygen atoms in total. The van der Waals surface area contributed by atoms with Crippen LogP contribution in [0, 0.1) is 0 Å². The van der Waals surface area contributed by atoms with Gasteiger partial charge in [-0.2, -0.15) is 0 Å². The summed E-state index contributed by atoms with van der Waals surface area (Å²) in [4.78, 5) is 18.7. The molecule has 162 valence electrons. The second-order valence-electron chi connectivity index (χ2n) is 7.58. The lowest BCUT2D eigenvalue weighted by atomic mass is 10.1. The van der Waals surface area contributed by atoms with Gasteiger partial charge in [-0.05, 0) is 42.0 Å². The van der Waals surface area contributed by atoms with Crippen LogP contribution in [0.3, 0.4) is 0 Å². The molecule has 0 aromatic heterocycles. The van der Waals surface area contributed by atoms with Gasteiger partial charge in [0, 0.05) is 33.1 Å². The predicted molar refractivity (Wildman–Crippen MR) is 134 cm³/mol. The Bertz CT molecular complexity index is 826. The number of rotatable bonds is 7. The summed E-state index contributed by atoms with van der Waals surface area (Å²) in [6.07, 6.45) is 2.38. The molecule has 3 rings (SSSR count). The zero-order chi connectivity index (χ0) is 20.6. The normalized spacial score (nSPS) is 14.0. The molecule has 0 aliphatic carbocycles. The summed E-state index contributed by atoms with van der Waals surface area (Å²) in [5, 5.41) is 6.74. The van der Waals surface area contributed by atoms with E-state index in [9.17, 15) is 4.79 Å². The van der Waals surface area contributed by atoms with Gasteiger partial charge in [-0.25, -0.2) is 0 Å². The predicted octanol–water partition coefficient (Wildman–Crippen LogP) is 4.42. The van der Waals surface area contributed by atoms with Gasteiger partial charge in [-0.1, -0.05) is 55.5 Å². The number of guanidine groups is 1. The first-order valence-corrected chi connectivity index (χ1v) is 10.5. The van der Waals surface area contributed by atoms with Crippen molar-refractivity contribution in [2.75, 3.05) is 13.6 Å². The number of nitrogens with zero attached hydrogens (tertiary/aromatic N) is 2. The standard InChI is InChI=1S/C24H32N4O.HI/c1-4-19-11-13-20(14-12-19)18(2)27-24(25-3)26-15-7-10-23(29)28-16-21-8-5-6-9-22(21)17-28;/h5-6,8-9,11-14,18H,4,7,10,15-17H2,1-3H3,(H2,25,26,27);1H. The molecule has 0 radical (unpaired) electrons. The fraction of sp³-hybridized carbons (Fsp3) is 0.417. The molecule has 0 saturated heterocycles. The number of hydrogen-bond donors (Lipinski definition) is 2. The van der Waals surface area contributed by atoms with E-state index >= 15 is 0 Å². The molecule has 1 aliphatic rings. The topological polar surface area (TPSA) is 56.7 Å². The minimum Gasteiger partial charge on any atom is -0.356 e. The Hall–Kier alpha value is -2.09. The largest absolute Gasteiger partial charge is 0.356 e. The molecule has 2 N–H and O–H groups in total. The third-order valence-corrected chi connectivity index (χ3v) is 5.52. The Morgan fingerprint density at radius 1 is 1.10 bits per heavy atom. The van der Waals surface area contributed by atoms with Gasteiger partial charge in [0.05, 0.1) is 6.04 Å². The van der Waals surface area contributed by atoms with E-state index in [-0.39, 0.29) is 35.9 Å². The SMILES string of the molecule is CCc1ccc(C(C)NC(=NC)NCCCC(=O)N2Cc3ccccc3C2)cc1.I. The minimum atomic E-state index is 0. The number of halogens is 1. The van der Waals surface area contributed by atoms with Crippen molar-refractivity contribution < 1.29 is 4.79 Å². The molecule has 2 aromatic rings. The molecule has 2 aromatic carbocycles. The fourth-order valence-electron chi connectivity index (χ4n) is 3.64. The molecular weight excluding hydrogens is 487 g/mol. The van der Waals surface area contributed by atoms with Gasteiger partial charge in [0.2, 0.25) is 5.91 Å². The van der Waals surface area contributed by atoms with Crippen LogP contribution >= 0.6 is 24.0 Å². The maximum Gasteiger partial charge on any atom is 0.223 e. The van der Waals surface area contributed by atoms with Gasteiger partial charge in [0.25, 0.3) is 0 Å². The van der Waals surface area contributed by atoms with Crippen molar-refractivity contribution in [3.05, 3.63) is 70.8 Å². The Morgan fingerprint density at radius 3 is 2.30 bits per heavy atom. The summed E-state index contributed by atoms with van der Waals surface area (Å²) in [7, 11) is 1.77. The van der Waals surface area contributed by atoms with E-state index in [1.165, 1.54) is 22.3 Å². The van der Waals surface area contributed by atoms with Crippen molar-refractivity contribution >= 4 is 35.8 Å². The highest BCUT2D eigenvalue weighted by molar-refractivity contribution is 14.0. The third-order valence-electron chi connectivity index (χ3n) is 5.52. The number of aliphatic imine (C=N–C) groups is 1. The summed E-state index contributed by atoms with van der Waals surface area (Å²) in [5.74, 6) is 0.980. The van der Waals surface area contributed by atoms with Gasteiger partial charge >= 0.3 is 0 Å². The quantitative estimate of drug-likeness (QED) is 0.246. The molecule has 0 saturated carbocycles. The van der Waals surface area contributed by atoms with Crippen LogP contribution in [0.5, 0.6) is 0 Å². The molecule has 1 aliphatic heterocycles. The number of hydrogen-bond acceptors (Lipinski definition) is 2. The second-order valence-corrected chi connectivity index (χ2v) is 7.58. The summed E-state index contributed by atoms with van der Waals surface area (Å²) in [6.45, 7) is 6.48. The fourth-order valence-corrected chi connectivity index (χ4v) is 3.64. The van der Waals surface area contributed by atoms with Crippen LogP contribution in [0.1, 0.15) is 55.0 Å². The van der Waals surface area contributed by atoms with Gasteiger partial charge in [-0.15, -0.1) is 24.0 Å². The lowest BCUT2D eigenvalue weighted by Gasteiger charge is -2.19. The lowest BCUT2D eigenvalue weighted by molar-refractivity contribution is -0.131. The van der Waals surface area contributed by atoms with Gasteiger partial charge in [0.1, 0.15) is 0 Å². The Morgan fingerprint density at radius 2 is 1.73 bits per heavy atom. The Balaban J connectivity index is 0.00000320. The van der Waals surface area contributed by atoms with Crippen LogP contribution in [0.15, 0.2) is 53.5 Å². The number of aryl methyl sites for hydroxylation is 1. The highest BCUT2D eigenvalue weighted by atomic mass is 127. The van der Waals surface area contributed by atoms with Gasteiger partial charge in [-0.3, -0.25) is 9.79 Å². The lowest BCUT2D eigenvalue weighted by Crippen LogP contribution is -2.39. The van der Waals surface area contributed by atoms with E-state index in [2.05, 4.69) is 65.9 Å². The number of fused-ring (bicyclic) bond motifs is 1. The average Bonchev–Trinajstić information content (AvgIpc) is 3.20. The highest BCUT2D eigenvalue weighted by Gasteiger charge is 2.22. The van der Waals surface area contributed by atoms with Crippen LogP contribution in [0.4, 0.5) is 0 Å². The molecule has 1 unspecified atom stereocenters. The first-order chi connectivity index (χ1) is 14.1. The minimum absolute atomic E-state index is 0. The van der Waals surface area contributed by atoms with Gasteiger partial charge < -0.3 is 15.5 Å². The van der Waals surface area contributed by atoms with E-state index in [1.54, 1.807) is 7.05 Å². The van der Waals surface area contributed by atoms with Crippen LogP contribution in [-0.2, 0) is 24.3 Å².